The first-order valence-corrected chi connectivity index (χ1v) is 3.08. The van der Waals surface area contributed by atoms with Gasteiger partial charge in [-0.15, -0.1) is 0 Å². The summed E-state index contributed by atoms with van der Waals surface area (Å²) in [5.41, 5.74) is 0. The minimum atomic E-state index is 0.101. The van der Waals surface area contributed by atoms with Crippen molar-refractivity contribution in [2.24, 2.45) is 0 Å². The van der Waals surface area contributed by atoms with E-state index in [1.165, 1.54) is 0 Å². The average molecular weight is 130 g/mol. The quantitative estimate of drug-likeness (QED) is 0.547. The van der Waals surface area contributed by atoms with Gasteiger partial charge < -0.3 is 5.32 Å². The Morgan fingerprint density at radius 1 is 1.56 bits per heavy atom. The van der Waals surface area contributed by atoms with Gasteiger partial charge in [0.1, 0.15) is 0 Å². The lowest BCUT2D eigenvalue weighted by molar-refractivity contribution is -0.121. The highest BCUT2D eigenvalue weighted by Gasteiger charge is 1.94. The summed E-state index contributed by atoms with van der Waals surface area (Å²) in [5, 5.41) is 2.72. The molecule has 0 bridgehead atoms. The fourth-order valence-corrected chi connectivity index (χ4v) is 0.371. The maximum atomic E-state index is 10.6. The third-order valence-corrected chi connectivity index (χ3v) is 0.914. The largest absolute Gasteiger partial charge is 0.343 e. The molecule has 0 saturated heterocycles. The molecule has 0 fully saturated rings. The predicted molar refractivity (Wildman–Crippen MR) is 37.0 cm³/mol. The molecular weight excluding hydrogens is 116 g/mol. The molecule has 0 aliphatic carbocycles. The third kappa shape index (κ3) is 5.30. The van der Waals surface area contributed by atoms with Crippen molar-refractivity contribution in [3.05, 3.63) is 0 Å². The lowest BCUT2D eigenvalue weighted by atomic mass is 10.5. The van der Waals surface area contributed by atoms with Crippen LogP contribution < -0.4 is 5.32 Å². The smallest absolute Gasteiger partial charge is 0.220 e. The lowest BCUT2D eigenvalue weighted by Crippen LogP contribution is -2.32. The standard InChI is InChI=1S/C6H14N2O/c1-4-6(9)7-5-8(2)3/h4-5H2,1-3H3,(H,7,9). The number of amides is 1. The van der Waals surface area contributed by atoms with E-state index in [0.717, 1.165) is 0 Å². The van der Waals surface area contributed by atoms with Crippen LogP contribution in [-0.4, -0.2) is 31.6 Å². The molecule has 0 aromatic carbocycles. The van der Waals surface area contributed by atoms with Crippen LogP contribution >= 0.6 is 0 Å². The van der Waals surface area contributed by atoms with Crippen molar-refractivity contribution in [2.45, 2.75) is 13.3 Å². The highest BCUT2D eigenvalue weighted by atomic mass is 16.1. The molecule has 54 valence electrons. The van der Waals surface area contributed by atoms with Crippen LogP contribution in [-0.2, 0) is 4.79 Å². The Kier molecular flexibility index (Phi) is 4.05. The Hall–Kier alpha value is -0.570. The summed E-state index contributed by atoms with van der Waals surface area (Å²) in [6.07, 6.45) is 0.563. The van der Waals surface area contributed by atoms with Crippen molar-refractivity contribution in [1.29, 1.82) is 0 Å². The van der Waals surface area contributed by atoms with E-state index in [9.17, 15) is 4.79 Å². The van der Waals surface area contributed by atoms with Crippen molar-refractivity contribution in [2.75, 3.05) is 20.8 Å². The van der Waals surface area contributed by atoms with Gasteiger partial charge in [-0.2, -0.15) is 0 Å². The Morgan fingerprint density at radius 3 is 2.44 bits per heavy atom. The second-order valence-electron chi connectivity index (χ2n) is 2.19. The summed E-state index contributed by atoms with van der Waals surface area (Å²) in [4.78, 5) is 12.5. The zero-order valence-corrected chi connectivity index (χ0v) is 6.27. The van der Waals surface area contributed by atoms with E-state index in [2.05, 4.69) is 5.32 Å². The Balaban J connectivity index is 3.17. The fourth-order valence-electron chi connectivity index (χ4n) is 0.371. The van der Waals surface area contributed by atoms with Crippen LogP contribution in [0.5, 0.6) is 0 Å². The molecule has 0 spiro atoms. The fraction of sp³-hybridized carbons (Fsp3) is 0.833. The first kappa shape index (κ1) is 8.43. The Bertz CT molecular complexity index is 91.1. The summed E-state index contributed by atoms with van der Waals surface area (Å²) >= 11 is 0. The van der Waals surface area contributed by atoms with Gasteiger partial charge in [0.25, 0.3) is 0 Å². The number of nitrogens with zero attached hydrogens (tertiary/aromatic N) is 1. The first-order chi connectivity index (χ1) is 4.16. The van der Waals surface area contributed by atoms with E-state index in [1.54, 1.807) is 0 Å². The van der Waals surface area contributed by atoms with Gasteiger partial charge in [-0.25, -0.2) is 0 Å². The van der Waals surface area contributed by atoms with Crippen LogP contribution in [0.4, 0.5) is 0 Å². The van der Waals surface area contributed by atoms with Gasteiger partial charge >= 0.3 is 0 Å². The molecule has 0 atom stereocenters. The summed E-state index contributed by atoms with van der Waals surface area (Å²) in [5.74, 6) is 0.101. The molecule has 0 aromatic rings. The topological polar surface area (TPSA) is 32.3 Å². The number of hydrogen-bond acceptors (Lipinski definition) is 2. The summed E-state index contributed by atoms with van der Waals surface area (Å²) in [7, 11) is 3.83. The molecule has 3 nitrogen and oxygen atoms in total. The molecule has 1 amide bonds. The third-order valence-electron chi connectivity index (χ3n) is 0.914. The van der Waals surface area contributed by atoms with Crippen LogP contribution in [0.3, 0.4) is 0 Å². The second kappa shape index (κ2) is 4.32. The monoisotopic (exact) mass is 130 g/mol. The molecule has 0 aromatic heterocycles. The van der Waals surface area contributed by atoms with Gasteiger partial charge in [0.05, 0.1) is 6.67 Å². The molecule has 0 rings (SSSR count). The number of rotatable bonds is 3. The number of carbonyl (C=O) groups excluding carboxylic acids is 1. The van der Waals surface area contributed by atoms with E-state index >= 15 is 0 Å². The van der Waals surface area contributed by atoms with Gasteiger partial charge in [-0.05, 0) is 14.1 Å². The maximum Gasteiger partial charge on any atom is 0.220 e. The summed E-state index contributed by atoms with van der Waals surface area (Å²) < 4.78 is 0. The van der Waals surface area contributed by atoms with Gasteiger partial charge in [0, 0.05) is 6.42 Å². The van der Waals surface area contributed by atoms with Gasteiger partial charge in [-0.1, -0.05) is 6.92 Å². The number of hydrogen-bond donors (Lipinski definition) is 1. The molecule has 1 N–H and O–H groups in total. The second-order valence-corrected chi connectivity index (χ2v) is 2.19. The van der Waals surface area contributed by atoms with Gasteiger partial charge in [0.2, 0.25) is 5.91 Å². The predicted octanol–water partition coefficient (Wildman–Crippen LogP) is 0.0317. The van der Waals surface area contributed by atoms with Crippen molar-refractivity contribution < 1.29 is 4.79 Å². The molecule has 0 aliphatic heterocycles. The normalized spacial score (nSPS) is 9.78. The molecule has 3 heteroatoms. The summed E-state index contributed by atoms with van der Waals surface area (Å²) in [6.45, 7) is 2.47. The zero-order chi connectivity index (χ0) is 7.28. The zero-order valence-electron chi connectivity index (χ0n) is 6.27. The Morgan fingerprint density at radius 2 is 2.11 bits per heavy atom. The van der Waals surface area contributed by atoms with Crippen LogP contribution in [0.25, 0.3) is 0 Å². The van der Waals surface area contributed by atoms with Crippen molar-refractivity contribution in [1.82, 2.24) is 10.2 Å². The minimum absolute atomic E-state index is 0.101. The van der Waals surface area contributed by atoms with Crippen molar-refractivity contribution in [3.8, 4) is 0 Å². The first-order valence-electron chi connectivity index (χ1n) is 3.08. The van der Waals surface area contributed by atoms with Gasteiger partial charge in [0.15, 0.2) is 0 Å². The highest BCUT2D eigenvalue weighted by Crippen LogP contribution is 1.74. The number of carbonyl (C=O) groups is 1. The lowest BCUT2D eigenvalue weighted by Gasteiger charge is -2.09. The molecular formula is C6H14N2O. The molecule has 0 heterocycles. The van der Waals surface area contributed by atoms with Crippen LogP contribution in [0.2, 0.25) is 0 Å². The van der Waals surface area contributed by atoms with Crippen LogP contribution in [0.15, 0.2) is 0 Å². The highest BCUT2D eigenvalue weighted by molar-refractivity contribution is 5.75. The van der Waals surface area contributed by atoms with Crippen LogP contribution in [0, 0.1) is 0 Å². The van der Waals surface area contributed by atoms with Crippen molar-refractivity contribution in [3.63, 3.8) is 0 Å². The molecule has 9 heavy (non-hydrogen) atoms. The molecule has 0 saturated carbocycles. The molecule has 0 unspecified atom stereocenters. The maximum absolute atomic E-state index is 10.6. The average Bonchev–Trinajstić information content (AvgIpc) is 1.83. The van der Waals surface area contributed by atoms with Gasteiger partial charge in [-0.3, -0.25) is 9.69 Å². The van der Waals surface area contributed by atoms with Crippen molar-refractivity contribution >= 4 is 5.91 Å². The minimum Gasteiger partial charge on any atom is -0.343 e. The van der Waals surface area contributed by atoms with Crippen LogP contribution in [0.1, 0.15) is 13.3 Å². The molecule has 0 aliphatic rings. The summed E-state index contributed by atoms with van der Waals surface area (Å²) in [6, 6.07) is 0. The Labute approximate surface area is 56.0 Å². The van der Waals surface area contributed by atoms with E-state index in [1.807, 2.05) is 25.9 Å². The van der Waals surface area contributed by atoms with E-state index in [-0.39, 0.29) is 5.91 Å². The molecule has 0 radical (unpaired) electrons. The van der Waals surface area contributed by atoms with E-state index < -0.39 is 0 Å². The SMILES string of the molecule is CCC(=O)NCN(C)C. The van der Waals surface area contributed by atoms with E-state index in [0.29, 0.717) is 13.1 Å². The number of nitrogens with one attached hydrogen (secondary N) is 1. The van der Waals surface area contributed by atoms with E-state index in [4.69, 9.17) is 0 Å².